The molecule has 3 rings (SSSR count). The molecule has 5 heteroatoms. The first-order valence-corrected chi connectivity index (χ1v) is 9.36. The molecule has 0 saturated carbocycles. The third-order valence-electron chi connectivity index (χ3n) is 4.82. The van der Waals surface area contributed by atoms with Crippen molar-refractivity contribution in [1.82, 2.24) is 5.32 Å². The second-order valence-electron chi connectivity index (χ2n) is 6.47. The molecule has 29 heavy (non-hydrogen) atoms. The fourth-order valence-corrected chi connectivity index (χ4v) is 3.37. The Bertz CT molecular complexity index is 902. The predicted molar refractivity (Wildman–Crippen MR) is 113 cm³/mol. The first-order chi connectivity index (χ1) is 14.2. The lowest BCUT2D eigenvalue weighted by atomic mass is 9.91. The molecule has 1 amide bonds. The molecule has 0 aromatic heterocycles. The smallest absolute Gasteiger partial charge is 0.255 e. The summed E-state index contributed by atoms with van der Waals surface area (Å²) in [5.74, 6) is 1.05. The predicted octanol–water partition coefficient (Wildman–Crippen LogP) is 4.27. The maximum atomic E-state index is 13.0. The van der Waals surface area contributed by atoms with E-state index in [1.807, 2.05) is 36.4 Å². The zero-order valence-corrected chi connectivity index (χ0v) is 16.8. The van der Waals surface area contributed by atoms with Crippen molar-refractivity contribution >= 4 is 5.91 Å². The van der Waals surface area contributed by atoms with Crippen molar-refractivity contribution in [2.45, 2.75) is 5.92 Å². The van der Waals surface area contributed by atoms with Gasteiger partial charge in [-0.25, -0.2) is 0 Å². The molecule has 0 aliphatic heterocycles. The number of rotatable bonds is 8. The lowest BCUT2D eigenvalue weighted by Crippen LogP contribution is -2.29. The van der Waals surface area contributed by atoms with E-state index in [-0.39, 0.29) is 11.8 Å². The highest BCUT2D eigenvalue weighted by molar-refractivity contribution is 5.98. The molecule has 0 unspecified atom stereocenters. The lowest BCUT2D eigenvalue weighted by Gasteiger charge is -2.20. The van der Waals surface area contributed by atoms with Crippen LogP contribution in [0.15, 0.2) is 72.8 Å². The van der Waals surface area contributed by atoms with Crippen LogP contribution in [-0.2, 0) is 0 Å². The summed E-state index contributed by atoms with van der Waals surface area (Å²) in [6, 6.07) is 23.6. The van der Waals surface area contributed by atoms with Gasteiger partial charge in [-0.3, -0.25) is 4.79 Å². The fraction of sp³-hybridized carbons (Fsp3) is 0.208. The number of hydrogen-bond donors (Lipinski definition) is 1. The maximum absolute atomic E-state index is 13.0. The first kappa shape index (κ1) is 20.3. The van der Waals surface area contributed by atoms with E-state index >= 15 is 0 Å². The van der Waals surface area contributed by atoms with Crippen LogP contribution < -0.4 is 19.5 Å². The summed E-state index contributed by atoms with van der Waals surface area (Å²) >= 11 is 0. The van der Waals surface area contributed by atoms with Crippen molar-refractivity contribution < 1.29 is 19.0 Å². The van der Waals surface area contributed by atoms with E-state index in [2.05, 4.69) is 29.6 Å². The average Bonchev–Trinajstić information content (AvgIpc) is 2.79. The summed E-state index contributed by atoms with van der Waals surface area (Å²) in [4.78, 5) is 13.0. The molecule has 0 atom stereocenters. The Morgan fingerprint density at radius 1 is 0.759 bits per heavy atom. The number of hydrogen-bond acceptors (Lipinski definition) is 4. The molecule has 0 radical (unpaired) electrons. The second kappa shape index (κ2) is 9.64. The van der Waals surface area contributed by atoms with Gasteiger partial charge in [-0.05, 0) is 23.3 Å². The molecular weight excluding hydrogens is 366 g/mol. The van der Waals surface area contributed by atoms with Gasteiger partial charge in [0, 0.05) is 12.5 Å². The van der Waals surface area contributed by atoms with Gasteiger partial charge in [0.05, 0.1) is 26.9 Å². The van der Waals surface area contributed by atoms with Gasteiger partial charge in [-0.15, -0.1) is 0 Å². The van der Waals surface area contributed by atoms with Crippen LogP contribution in [-0.4, -0.2) is 33.8 Å². The van der Waals surface area contributed by atoms with Crippen LogP contribution in [0.1, 0.15) is 27.4 Å². The lowest BCUT2D eigenvalue weighted by molar-refractivity contribution is 0.0948. The summed E-state index contributed by atoms with van der Waals surface area (Å²) in [5, 5.41) is 3.04. The molecule has 1 N–H and O–H groups in total. The Kier molecular flexibility index (Phi) is 6.74. The SMILES string of the molecule is COc1ccc(C(=O)NCC(c2ccccc2)c2ccccc2)c(OC)c1OC. The van der Waals surface area contributed by atoms with Crippen LogP contribution in [0.25, 0.3) is 0 Å². The minimum atomic E-state index is -0.236. The van der Waals surface area contributed by atoms with Crippen LogP contribution >= 0.6 is 0 Å². The number of carbonyl (C=O) groups excluding carboxylic acids is 1. The van der Waals surface area contributed by atoms with Crippen molar-refractivity contribution in [2.24, 2.45) is 0 Å². The van der Waals surface area contributed by atoms with E-state index in [0.29, 0.717) is 29.4 Å². The molecule has 3 aromatic carbocycles. The Morgan fingerprint density at radius 2 is 1.31 bits per heavy atom. The average molecular weight is 391 g/mol. The van der Waals surface area contributed by atoms with Gasteiger partial charge in [0.2, 0.25) is 5.75 Å². The molecule has 0 spiro atoms. The van der Waals surface area contributed by atoms with Gasteiger partial charge in [0.15, 0.2) is 11.5 Å². The van der Waals surface area contributed by atoms with Gasteiger partial charge in [0.25, 0.3) is 5.91 Å². The number of nitrogens with one attached hydrogen (secondary N) is 1. The summed E-state index contributed by atoms with van der Waals surface area (Å²) in [6.07, 6.45) is 0. The van der Waals surface area contributed by atoms with Crippen molar-refractivity contribution in [3.05, 3.63) is 89.5 Å². The van der Waals surface area contributed by atoms with E-state index in [1.165, 1.54) is 14.2 Å². The summed E-state index contributed by atoms with van der Waals surface area (Å²) in [5.41, 5.74) is 2.67. The van der Waals surface area contributed by atoms with Gasteiger partial charge < -0.3 is 19.5 Å². The Balaban J connectivity index is 1.86. The highest BCUT2D eigenvalue weighted by Crippen LogP contribution is 2.39. The van der Waals surface area contributed by atoms with Crippen LogP contribution in [0.3, 0.4) is 0 Å². The quantitative estimate of drug-likeness (QED) is 0.623. The molecule has 3 aromatic rings. The molecule has 0 aliphatic carbocycles. The highest BCUT2D eigenvalue weighted by Gasteiger charge is 2.22. The zero-order valence-electron chi connectivity index (χ0n) is 16.8. The zero-order chi connectivity index (χ0) is 20.6. The molecule has 0 bridgehead atoms. The van der Waals surface area contributed by atoms with Crippen LogP contribution in [0.4, 0.5) is 0 Å². The molecule has 0 saturated heterocycles. The third kappa shape index (κ3) is 4.51. The minimum Gasteiger partial charge on any atom is -0.493 e. The van der Waals surface area contributed by atoms with Gasteiger partial charge in [-0.2, -0.15) is 0 Å². The van der Waals surface area contributed by atoms with Gasteiger partial charge in [0.1, 0.15) is 0 Å². The normalized spacial score (nSPS) is 10.5. The van der Waals surface area contributed by atoms with Crippen molar-refractivity contribution in [3.63, 3.8) is 0 Å². The fourth-order valence-electron chi connectivity index (χ4n) is 3.37. The summed E-state index contributed by atoms with van der Waals surface area (Å²) in [7, 11) is 4.56. The number of amides is 1. The second-order valence-corrected chi connectivity index (χ2v) is 6.47. The minimum absolute atomic E-state index is 0.0347. The highest BCUT2D eigenvalue weighted by atomic mass is 16.5. The number of ether oxygens (including phenoxy) is 3. The van der Waals surface area contributed by atoms with Crippen molar-refractivity contribution in [2.75, 3.05) is 27.9 Å². The van der Waals surface area contributed by atoms with E-state index < -0.39 is 0 Å². The van der Waals surface area contributed by atoms with E-state index in [1.54, 1.807) is 19.2 Å². The summed E-state index contributed by atoms with van der Waals surface area (Å²) in [6.45, 7) is 0.449. The molecule has 0 heterocycles. The standard InChI is InChI=1S/C24H25NO4/c1-27-21-15-14-19(22(28-2)23(21)29-3)24(26)25-16-20(17-10-6-4-7-11-17)18-12-8-5-9-13-18/h4-15,20H,16H2,1-3H3,(H,25,26). The van der Waals surface area contributed by atoms with Crippen LogP contribution in [0, 0.1) is 0 Å². The molecule has 0 aliphatic rings. The number of methoxy groups -OCH3 is 3. The van der Waals surface area contributed by atoms with Crippen LogP contribution in [0.5, 0.6) is 17.2 Å². The molecular formula is C24H25NO4. The third-order valence-corrected chi connectivity index (χ3v) is 4.82. The van der Waals surface area contributed by atoms with E-state index in [0.717, 1.165) is 11.1 Å². The van der Waals surface area contributed by atoms with Crippen molar-refractivity contribution in [1.29, 1.82) is 0 Å². The Labute approximate surface area is 171 Å². The van der Waals surface area contributed by atoms with Gasteiger partial charge >= 0.3 is 0 Å². The Morgan fingerprint density at radius 3 is 1.79 bits per heavy atom. The van der Waals surface area contributed by atoms with Crippen LogP contribution in [0.2, 0.25) is 0 Å². The molecule has 5 nitrogen and oxygen atoms in total. The summed E-state index contributed by atoms with van der Waals surface area (Å²) < 4.78 is 16.1. The Hall–Kier alpha value is -3.47. The van der Waals surface area contributed by atoms with E-state index in [4.69, 9.17) is 14.2 Å². The monoisotopic (exact) mass is 391 g/mol. The van der Waals surface area contributed by atoms with Crippen molar-refractivity contribution in [3.8, 4) is 17.2 Å². The maximum Gasteiger partial charge on any atom is 0.255 e. The first-order valence-electron chi connectivity index (χ1n) is 9.36. The topological polar surface area (TPSA) is 56.8 Å². The molecule has 150 valence electrons. The molecule has 0 fully saturated rings. The largest absolute Gasteiger partial charge is 0.493 e. The van der Waals surface area contributed by atoms with E-state index in [9.17, 15) is 4.79 Å². The number of carbonyl (C=O) groups is 1. The number of benzene rings is 3. The van der Waals surface area contributed by atoms with Gasteiger partial charge in [-0.1, -0.05) is 60.7 Å².